The van der Waals surface area contributed by atoms with Gasteiger partial charge in [0.1, 0.15) is 6.10 Å². The van der Waals surface area contributed by atoms with E-state index < -0.39 is 6.10 Å². The van der Waals surface area contributed by atoms with Gasteiger partial charge in [-0.25, -0.2) is 0 Å². The zero-order chi connectivity index (χ0) is 12.4. The molecule has 2 aromatic rings. The van der Waals surface area contributed by atoms with E-state index in [0.29, 0.717) is 12.2 Å². The van der Waals surface area contributed by atoms with Crippen LogP contribution in [0.1, 0.15) is 41.4 Å². The van der Waals surface area contributed by atoms with Crippen LogP contribution in [0.5, 0.6) is 0 Å². The number of aryl methyl sites for hydroxylation is 2. The van der Waals surface area contributed by atoms with Crippen molar-refractivity contribution in [1.82, 2.24) is 10.1 Å². The van der Waals surface area contributed by atoms with Crippen LogP contribution >= 0.6 is 0 Å². The molecule has 0 saturated carbocycles. The molecule has 1 aromatic carbocycles. The lowest BCUT2D eigenvalue weighted by Gasteiger charge is -2.01. The van der Waals surface area contributed by atoms with Crippen LogP contribution in [0.3, 0.4) is 0 Å². The highest BCUT2D eigenvalue weighted by Gasteiger charge is 2.11. The van der Waals surface area contributed by atoms with E-state index in [1.54, 1.807) is 6.92 Å². The summed E-state index contributed by atoms with van der Waals surface area (Å²) in [5.74, 6) is 0.871. The van der Waals surface area contributed by atoms with Gasteiger partial charge in [-0.1, -0.05) is 34.5 Å². The molecule has 2 rings (SSSR count). The summed E-state index contributed by atoms with van der Waals surface area (Å²) in [6.07, 6.45) is -0.0888. The quantitative estimate of drug-likeness (QED) is 0.882. The molecule has 0 aliphatic carbocycles. The Labute approximate surface area is 100 Å². The Morgan fingerprint density at radius 2 is 1.88 bits per heavy atom. The number of aliphatic hydroxyl groups is 1. The Morgan fingerprint density at radius 3 is 2.41 bits per heavy atom. The fraction of sp³-hybridized carbons (Fsp3) is 0.385. The minimum atomic E-state index is -0.713. The van der Waals surface area contributed by atoms with Gasteiger partial charge in [-0.3, -0.25) is 0 Å². The molecule has 0 radical (unpaired) electrons. The first-order valence-electron chi connectivity index (χ1n) is 5.62. The van der Waals surface area contributed by atoms with Gasteiger partial charge in [0, 0.05) is 6.42 Å². The molecule has 0 spiro atoms. The second-order valence-electron chi connectivity index (χ2n) is 4.40. The van der Waals surface area contributed by atoms with Crippen LogP contribution in [0.4, 0.5) is 0 Å². The van der Waals surface area contributed by atoms with Crippen molar-refractivity contribution in [2.24, 2.45) is 0 Å². The molecular formula is C13H16N2O2. The van der Waals surface area contributed by atoms with Crippen LogP contribution in [0.25, 0.3) is 0 Å². The maximum absolute atomic E-state index is 9.30. The summed E-state index contributed by atoms with van der Waals surface area (Å²) in [5, 5.41) is 13.1. The highest BCUT2D eigenvalue weighted by molar-refractivity contribution is 5.30. The molecule has 0 bridgehead atoms. The number of rotatable bonds is 3. The Kier molecular flexibility index (Phi) is 3.24. The minimum absolute atomic E-state index is 0.268. The van der Waals surface area contributed by atoms with Crippen molar-refractivity contribution in [3.8, 4) is 0 Å². The summed E-state index contributed by atoms with van der Waals surface area (Å²) >= 11 is 0. The first kappa shape index (κ1) is 11.8. The van der Waals surface area contributed by atoms with Crippen molar-refractivity contribution in [1.29, 1.82) is 0 Å². The molecule has 4 heteroatoms. The Balaban J connectivity index is 2.19. The van der Waals surface area contributed by atoms with Crippen LogP contribution in [0.2, 0.25) is 0 Å². The number of nitrogens with zero attached hydrogens (tertiary/aromatic N) is 2. The molecule has 1 unspecified atom stereocenters. The van der Waals surface area contributed by atoms with E-state index in [9.17, 15) is 5.11 Å². The van der Waals surface area contributed by atoms with E-state index in [4.69, 9.17) is 4.52 Å². The number of hydrogen-bond donors (Lipinski definition) is 1. The zero-order valence-corrected chi connectivity index (χ0v) is 10.3. The lowest BCUT2D eigenvalue weighted by Crippen LogP contribution is -1.94. The third-order valence-electron chi connectivity index (χ3n) is 2.48. The Bertz CT molecular complexity index is 498. The van der Waals surface area contributed by atoms with Crippen LogP contribution in [0.15, 0.2) is 22.7 Å². The summed E-state index contributed by atoms with van der Waals surface area (Å²) in [5.41, 5.74) is 3.60. The van der Waals surface area contributed by atoms with E-state index in [1.165, 1.54) is 11.1 Å². The lowest BCUT2D eigenvalue weighted by molar-refractivity contribution is 0.151. The molecular weight excluding hydrogens is 216 g/mol. The second-order valence-corrected chi connectivity index (χ2v) is 4.40. The molecule has 0 amide bonds. The third-order valence-corrected chi connectivity index (χ3v) is 2.48. The number of hydrogen-bond acceptors (Lipinski definition) is 4. The maximum atomic E-state index is 9.30. The molecule has 90 valence electrons. The number of aliphatic hydroxyl groups excluding tert-OH is 1. The van der Waals surface area contributed by atoms with Crippen molar-refractivity contribution >= 4 is 0 Å². The normalized spacial score (nSPS) is 12.7. The van der Waals surface area contributed by atoms with Gasteiger partial charge in [-0.2, -0.15) is 4.98 Å². The van der Waals surface area contributed by atoms with Crippen molar-refractivity contribution in [2.45, 2.75) is 33.3 Å². The highest BCUT2D eigenvalue weighted by atomic mass is 16.5. The van der Waals surface area contributed by atoms with Crippen molar-refractivity contribution in [3.05, 3.63) is 46.6 Å². The van der Waals surface area contributed by atoms with E-state index >= 15 is 0 Å². The van der Waals surface area contributed by atoms with Crippen molar-refractivity contribution in [3.63, 3.8) is 0 Å². The second kappa shape index (κ2) is 4.67. The Morgan fingerprint density at radius 1 is 1.24 bits per heavy atom. The minimum Gasteiger partial charge on any atom is -0.384 e. The van der Waals surface area contributed by atoms with Gasteiger partial charge in [0.25, 0.3) is 5.89 Å². The van der Waals surface area contributed by atoms with Gasteiger partial charge in [0.2, 0.25) is 0 Å². The average molecular weight is 232 g/mol. The maximum Gasteiger partial charge on any atom is 0.255 e. The smallest absolute Gasteiger partial charge is 0.255 e. The fourth-order valence-corrected chi connectivity index (χ4v) is 1.86. The molecule has 0 aliphatic heterocycles. The topological polar surface area (TPSA) is 59.2 Å². The first-order chi connectivity index (χ1) is 8.04. The summed E-state index contributed by atoms with van der Waals surface area (Å²) < 4.78 is 4.95. The van der Waals surface area contributed by atoms with Gasteiger partial charge in [0.05, 0.1) is 0 Å². The molecule has 1 aromatic heterocycles. The SMILES string of the molecule is Cc1cc(C)cc(Cc2noc(C(C)O)n2)c1. The van der Waals surface area contributed by atoms with Gasteiger partial charge < -0.3 is 9.63 Å². The Hall–Kier alpha value is -1.68. The molecule has 0 fully saturated rings. The van der Waals surface area contributed by atoms with E-state index in [0.717, 1.165) is 5.56 Å². The summed E-state index contributed by atoms with van der Waals surface area (Å²) in [4.78, 5) is 4.14. The summed E-state index contributed by atoms with van der Waals surface area (Å²) in [6.45, 7) is 5.73. The predicted octanol–water partition coefficient (Wildman–Crippen LogP) is 2.33. The molecule has 4 nitrogen and oxygen atoms in total. The van der Waals surface area contributed by atoms with E-state index in [2.05, 4.69) is 42.2 Å². The van der Waals surface area contributed by atoms with E-state index in [-0.39, 0.29) is 5.89 Å². The largest absolute Gasteiger partial charge is 0.384 e. The highest BCUT2D eigenvalue weighted by Crippen LogP contribution is 2.14. The standard InChI is InChI=1S/C13H16N2O2/c1-8-4-9(2)6-11(5-8)7-12-14-13(10(3)16)17-15-12/h4-6,10,16H,7H2,1-3H3. The summed E-state index contributed by atoms with van der Waals surface area (Å²) in [6, 6.07) is 6.33. The molecule has 17 heavy (non-hydrogen) atoms. The van der Waals surface area contributed by atoms with E-state index in [1.807, 2.05) is 0 Å². The monoisotopic (exact) mass is 232 g/mol. The van der Waals surface area contributed by atoms with Crippen LogP contribution in [0, 0.1) is 13.8 Å². The lowest BCUT2D eigenvalue weighted by atomic mass is 10.1. The zero-order valence-electron chi connectivity index (χ0n) is 10.3. The van der Waals surface area contributed by atoms with Crippen LogP contribution in [-0.4, -0.2) is 15.2 Å². The third kappa shape index (κ3) is 2.91. The van der Waals surface area contributed by atoms with Crippen molar-refractivity contribution < 1.29 is 9.63 Å². The van der Waals surface area contributed by atoms with Crippen LogP contribution in [-0.2, 0) is 6.42 Å². The fourth-order valence-electron chi connectivity index (χ4n) is 1.86. The van der Waals surface area contributed by atoms with Gasteiger partial charge in [0.15, 0.2) is 5.82 Å². The first-order valence-corrected chi connectivity index (χ1v) is 5.62. The number of aromatic nitrogens is 2. The molecule has 0 aliphatic rings. The van der Waals surface area contributed by atoms with Crippen molar-refractivity contribution in [2.75, 3.05) is 0 Å². The van der Waals surface area contributed by atoms with Crippen LogP contribution < -0.4 is 0 Å². The molecule has 1 atom stereocenters. The molecule has 1 N–H and O–H groups in total. The number of benzene rings is 1. The van der Waals surface area contributed by atoms with Gasteiger partial charge in [-0.15, -0.1) is 0 Å². The molecule has 1 heterocycles. The van der Waals surface area contributed by atoms with Gasteiger partial charge in [-0.05, 0) is 26.3 Å². The van der Waals surface area contributed by atoms with Gasteiger partial charge >= 0.3 is 0 Å². The summed E-state index contributed by atoms with van der Waals surface area (Å²) in [7, 11) is 0. The predicted molar refractivity (Wildman–Crippen MR) is 63.7 cm³/mol. The molecule has 0 saturated heterocycles. The average Bonchev–Trinajstić information content (AvgIpc) is 2.64.